The van der Waals surface area contributed by atoms with Gasteiger partial charge in [0.25, 0.3) is 0 Å². The molecule has 2 fully saturated rings. The molecule has 1 aliphatic carbocycles. The van der Waals surface area contributed by atoms with Gasteiger partial charge in [-0.2, -0.15) is 13.2 Å². The number of hydrogen-bond acceptors (Lipinski definition) is 15. The van der Waals surface area contributed by atoms with E-state index in [-0.39, 0.29) is 29.5 Å². The Hall–Kier alpha value is -5.70. The van der Waals surface area contributed by atoms with Crippen molar-refractivity contribution in [1.82, 2.24) is 29.6 Å². The lowest BCUT2D eigenvalue weighted by atomic mass is 9.71. The first kappa shape index (κ1) is 76.3. The summed E-state index contributed by atoms with van der Waals surface area (Å²) in [5, 5.41) is 9.69. The van der Waals surface area contributed by atoms with E-state index in [0.717, 1.165) is 138 Å². The van der Waals surface area contributed by atoms with Gasteiger partial charge in [-0.1, -0.05) is 119 Å². The standard InChI is InChI=1S/C43H51ClN6O3.C27H40F3N3O2S3.C2H6/c1-43(32-49-22-20-47(21-23-49)19-3-5-34-4-2-6-39(28-34)46-42(53)16-18-45-33-52)17-15-41(36-9-11-38(44)12-10-36)37(29-43)30-48-24-26-50(27-25-48)40-13-7-35(31-51)8-14-40;1-4-6-7-11-18-33(17-5-2)19-16-22(21-36-23-12-9-8-10-13-23)32-25-15-14-24(37-31-3)20-26(25)34-35-38-27(28,29)30;1-2/h2,4,6-14,28,31,33H,15-27,29-30,32H2,1H3,(H,45,52)(H,46,53);8-10,12-15,20,22,31-32H,4-7,11,16-19,21H2,1-3H3;1-2H3. The number of rotatable bonds is 33. The Labute approximate surface area is 569 Å². The van der Waals surface area contributed by atoms with E-state index in [1.165, 1.54) is 65.8 Å². The Kier molecular flexibility index (Phi) is 34.5. The van der Waals surface area contributed by atoms with E-state index in [2.05, 4.69) is 119 Å². The van der Waals surface area contributed by atoms with Crippen LogP contribution >= 0.6 is 47.4 Å². The van der Waals surface area contributed by atoms with Crippen molar-refractivity contribution in [2.24, 2.45) is 5.41 Å². The summed E-state index contributed by atoms with van der Waals surface area (Å²) in [6.45, 7) is 25.1. The molecule has 2 saturated heterocycles. The van der Waals surface area contributed by atoms with Crippen LogP contribution in [-0.4, -0.2) is 161 Å². The fraction of sp³-hybridized carbons (Fsp3) is 0.486. The summed E-state index contributed by atoms with van der Waals surface area (Å²) >= 11 is 8.72. The van der Waals surface area contributed by atoms with Crippen LogP contribution in [0.5, 0.6) is 5.75 Å². The van der Waals surface area contributed by atoms with Crippen LogP contribution in [0.15, 0.2) is 137 Å². The zero-order valence-electron chi connectivity index (χ0n) is 55.2. The maximum atomic E-state index is 12.6. The van der Waals surface area contributed by atoms with Crippen molar-refractivity contribution in [3.8, 4) is 17.6 Å². The van der Waals surface area contributed by atoms with E-state index < -0.39 is 17.6 Å². The molecule has 2 aliphatic heterocycles. The van der Waals surface area contributed by atoms with Gasteiger partial charge >= 0.3 is 5.51 Å². The van der Waals surface area contributed by atoms with Crippen LogP contribution in [0.25, 0.3) is 5.57 Å². The molecule has 2 amide bonds. The number of thioether (sulfide) groups is 1. The van der Waals surface area contributed by atoms with Crippen LogP contribution in [-0.2, 0) is 13.9 Å². The number of piperazine rings is 2. The van der Waals surface area contributed by atoms with E-state index in [4.69, 9.17) is 16.5 Å². The SMILES string of the molecule is CC.CC1(CN2CCN(CC#Cc3cccc(NC(=O)CCNC=O)c3)CC2)CCC(c2ccc(Cl)cc2)=C(CN2CCN(c3ccc(C=O)cc3)CC2)C1.CCCCCCN(CCC)CCC(CSc1ccccc1)Nc1ccc(SNC)cc1OOSC(F)(F)F. The van der Waals surface area contributed by atoms with E-state index in [0.29, 0.717) is 36.4 Å². The largest absolute Gasteiger partial charge is 0.471 e. The van der Waals surface area contributed by atoms with Gasteiger partial charge in [-0.3, -0.25) is 28.9 Å². The number of hydrogen-bond donors (Lipinski definition) is 4. The van der Waals surface area contributed by atoms with E-state index in [1.54, 1.807) is 30.4 Å². The molecule has 0 aromatic heterocycles. The van der Waals surface area contributed by atoms with Gasteiger partial charge in [0.1, 0.15) is 6.29 Å². The molecule has 2 heterocycles. The second-order valence-electron chi connectivity index (χ2n) is 23.7. The zero-order valence-corrected chi connectivity index (χ0v) is 58.4. The van der Waals surface area contributed by atoms with Crippen molar-refractivity contribution in [2.45, 2.75) is 120 Å². The fourth-order valence-corrected chi connectivity index (χ4v) is 13.5. The molecule has 0 radical (unpaired) electrons. The number of carbonyl (C=O) groups excluding carboxylic acids is 3. The second kappa shape index (κ2) is 42.0. The van der Waals surface area contributed by atoms with Gasteiger partial charge in [0, 0.05) is 140 Å². The van der Waals surface area contributed by atoms with Crippen LogP contribution in [0.1, 0.15) is 120 Å². The minimum atomic E-state index is -4.56. The van der Waals surface area contributed by atoms with Crippen LogP contribution in [0.2, 0.25) is 5.02 Å². The molecule has 0 saturated carbocycles. The summed E-state index contributed by atoms with van der Waals surface area (Å²) in [4.78, 5) is 53.4. The molecule has 21 heteroatoms. The highest BCUT2D eigenvalue weighted by molar-refractivity contribution is 7.99. The number of amides is 2. The van der Waals surface area contributed by atoms with Gasteiger partial charge in [0.15, 0.2) is 17.8 Å². The lowest BCUT2D eigenvalue weighted by molar-refractivity contribution is -0.116. The summed E-state index contributed by atoms with van der Waals surface area (Å²) in [6, 6.07) is 39.6. The third kappa shape index (κ3) is 28.3. The maximum absolute atomic E-state index is 12.6. The molecular formula is C72H97ClF3N9O5S3. The third-order valence-electron chi connectivity index (χ3n) is 16.4. The number of anilines is 3. The number of halogens is 4. The number of aldehydes is 1. The molecule has 3 aliphatic rings. The Balaban J connectivity index is 0.000000304. The van der Waals surface area contributed by atoms with Crippen molar-refractivity contribution in [1.29, 1.82) is 0 Å². The molecule has 5 aromatic carbocycles. The molecule has 0 bridgehead atoms. The smallest absolute Gasteiger partial charge is 0.378 e. The van der Waals surface area contributed by atoms with Gasteiger partial charge < -0.3 is 35.5 Å². The molecule has 93 heavy (non-hydrogen) atoms. The molecule has 506 valence electrons. The summed E-state index contributed by atoms with van der Waals surface area (Å²) in [5.74, 6) is 7.47. The van der Waals surface area contributed by atoms with E-state index >= 15 is 0 Å². The Bertz CT molecular complexity index is 3090. The second-order valence-corrected chi connectivity index (χ2v) is 27.0. The molecule has 4 N–H and O–H groups in total. The first-order valence-electron chi connectivity index (χ1n) is 32.9. The van der Waals surface area contributed by atoms with Gasteiger partial charge in [0.05, 0.1) is 12.2 Å². The minimum Gasteiger partial charge on any atom is -0.378 e. The first-order chi connectivity index (χ1) is 45.1. The van der Waals surface area contributed by atoms with Crippen molar-refractivity contribution in [3.05, 3.63) is 149 Å². The van der Waals surface area contributed by atoms with Gasteiger partial charge in [0.2, 0.25) is 12.3 Å². The fourth-order valence-electron chi connectivity index (χ4n) is 11.7. The normalized spacial score (nSPS) is 16.6. The molecule has 2 unspecified atom stereocenters. The molecule has 0 spiro atoms. The van der Waals surface area contributed by atoms with Crippen molar-refractivity contribution in [3.63, 3.8) is 0 Å². The van der Waals surface area contributed by atoms with Crippen molar-refractivity contribution < 1.29 is 36.8 Å². The minimum absolute atomic E-state index is 0.0654. The van der Waals surface area contributed by atoms with Crippen LogP contribution in [0.3, 0.4) is 0 Å². The number of benzene rings is 5. The highest BCUT2D eigenvalue weighted by atomic mass is 35.5. The predicted octanol–water partition coefficient (Wildman–Crippen LogP) is 15.3. The number of allylic oxidation sites excluding steroid dienone is 1. The number of carbonyl (C=O) groups is 3. The summed E-state index contributed by atoms with van der Waals surface area (Å²) in [7, 11) is 1.77. The summed E-state index contributed by atoms with van der Waals surface area (Å²) < 4.78 is 45.3. The van der Waals surface area contributed by atoms with E-state index in [1.807, 2.05) is 92.7 Å². The Morgan fingerprint density at radius 3 is 2.23 bits per heavy atom. The van der Waals surface area contributed by atoms with Crippen LogP contribution in [0.4, 0.5) is 30.2 Å². The topological polar surface area (TPSA) is 134 Å². The van der Waals surface area contributed by atoms with Crippen LogP contribution < -0.4 is 30.5 Å². The average Bonchev–Trinajstić information content (AvgIpc) is 0.848. The first-order valence-corrected chi connectivity index (χ1v) is 35.8. The Morgan fingerprint density at radius 1 is 0.806 bits per heavy atom. The summed E-state index contributed by atoms with van der Waals surface area (Å²) in [5.41, 5.74) is 4.08. The number of nitrogens with one attached hydrogen (secondary N) is 4. The third-order valence-corrected chi connectivity index (χ3v) is 18.8. The lowest BCUT2D eigenvalue weighted by Gasteiger charge is -2.44. The maximum Gasteiger partial charge on any atom is 0.471 e. The summed E-state index contributed by atoms with van der Waals surface area (Å²) in [6.07, 6.45) is 12.0. The Morgan fingerprint density at radius 2 is 1.54 bits per heavy atom. The molecule has 14 nitrogen and oxygen atoms in total. The lowest BCUT2D eigenvalue weighted by Crippen LogP contribution is -2.50. The van der Waals surface area contributed by atoms with Gasteiger partial charge in [-0.15, -0.1) is 16.1 Å². The number of unbranched alkanes of at least 4 members (excludes halogenated alkanes) is 3. The van der Waals surface area contributed by atoms with Gasteiger partial charge in [-0.25, -0.2) is 0 Å². The van der Waals surface area contributed by atoms with E-state index in [9.17, 15) is 27.6 Å². The molecular weight excluding hydrogens is 1260 g/mol. The number of alkyl halides is 3. The van der Waals surface area contributed by atoms with Gasteiger partial charge in [-0.05, 0) is 166 Å². The highest BCUT2D eigenvalue weighted by Gasteiger charge is 2.36. The molecule has 5 aromatic rings. The zero-order chi connectivity index (χ0) is 66.7. The highest BCUT2D eigenvalue weighted by Crippen LogP contribution is 2.44. The average molecular weight is 1360 g/mol. The number of nitrogens with zero attached hydrogens (tertiary/aromatic N) is 5. The van der Waals surface area contributed by atoms with Crippen molar-refractivity contribution >= 4 is 88.6 Å². The van der Waals surface area contributed by atoms with Crippen LogP contribution in [0, 0.1) is 17.3 Å². The van der Waals surface area contributed by atoms with Crippen molar-refractivity contribution in [2.75, 3.05) is 127 Å². The monoisotopic (exact) mass is 1360 g/mol. The molecule has 2 atom stereocenters. The molecule has 8 rings (SSSR count). The quantitative estimate of drug-likeness (QED) is 0.00464. The predicted molar refractivity (Wildman–Crippen MR) is 382 cm³/mol.